The predicted molar refractivity (Wildman–Crippen MR) is 54.9 cm³/mol. The Hall–Kier alpha value is -1.10. The second-order valence-corrected chi connectivity index (χ2v) is 3.12. The van der Waals surface area contributed by atoms with Crippen molar-refractivity contribution >= 4 is 11.9 Å². The van der Waals surface area contributed by atoms with Crippen molar-refractivity contribution in [2.45, 2.75) is 39.5 Å². The Morgan fingerprint density at radius 1 is 1.07 bits per heavy atom. The van der Waals surface area contributed by atoms with Crippen LogP contribution in [0.15, 0.2) is 0 Å². The summed E-state index contributed by atoms with van der Waals surface area (Å²) in [6.07, 6.45) is 3.49. The molecule has 0 aliphatic carbocycles. The number of hydrogen-bond donors (Lipinski definition) is 1. The highest BCUT2D eigenvalue weighted by atomic mass is 16.7. The van der Waals surface area contributed by atoms with Crippen LogP contribution in [0.1, 0.15) is 39.5 Å². The van der Waals surface area contributed by atoms with Crippen LogP contribution in [0.4, 0.5) is 0 Å². The molecule has 0 atom stereocenters. The molecule has 0 heterocycles. The van der Waals surface area contributed by atoms with Crippen molar-refractivity contribution in [1.29, 1.82) is 0 Å². The highest BCUT2D eigenvalue weighted by molar-refractivity contribution is 6.32. The van der Waals surface area contributed by atoms with Gasteiger partial charge < -0.3 is 4.74 Å². The largest absolute Gasteiger partial charge is 0.458 e. The van der Waals surface area contributed by atoms with E-state index in [1.165, 1.54) is 0 Å². The molecule has 0 bridgehead atoms. The van der Waals surface area contributed by atoms with Crippen molar-refractivity contribution in [2.24, 2.45) is 0 Å². The van der Waals surface area contributed by atoms with Crippen LogP contribution >= 0.6 is 0 Å². The van der Waals surface area contributed by atoms with Crippen molar-refractivity contribution < 1.29 is 19.2 Å². The van der Waals surface area contributed by atoms with E-state index in [4.69, 9.17) is 4.84 Å². The van der Waals surface area contributed by atoms with Gasteiger partial charge in [-0.1, -0.05) is 26.7 Å². The molecule has 0 aliphatic rings. The van der Waals surface area contributed by atoms with Gasteiger partial charge in [0.05, 0.1) is 13.2 Å². The lowest BCUT2D eigenvalue weighted by Crippen LogP contribution is -2.33. The number of esters is 1. The lowest BCUT2D eigenvalue weighted by atomic mass is 10.4. The SMILES string of the molecule is CCCCONC(=O)C(=O)OCCCC. The number of amides is 1. The van der Waals surface area contributed by atoms with Crippen molar-refractivity contribution in [3.05, 3.63) is 0 Å². The molecule has 5 heteroatoms. The van der Waals surface area contributed by atoms with E-state index in [9.17, 15) is 9.59 Å². The lowest BCUT2D eigenvalue weighted by Gasteiger charge is -2.05. The molecule has 0 rings (SSSR count). The molecule has 0 saturated heterocycles. The van der Waals surface area contributed by atoms with Crippen molar-refractivity contribution in [1.82, 2.24) is 5.48 Å². The van der Waals surface area contributed by atoms with Gasteiger partial charge in [-0.05, 0) is 12.8 Å². The quantitative estimate of drug-likeness (QED) is 0.301. The molecular weight excluding hydrogens is 198 g/mol. The fraction of sp³-hybridized carbons (Fsp3) is 0.800. The van der Waals surface area contributed by atoms with Crippen LogP contribution in [0, 0.1) is 0 Å². The monoisotopic (exact) mass is 217 g/mol. The summed E-state index contributed by atoms with van der Waals surface area (Å²) in [5.41, 5.74) is 2.03. The number of rotatable bonds is 7. The van der Waals surface area contributed by atoms with Crippen LogP contribution in [0.25, 0.3) is 0 Å². The molecule has 1 N–H and O–H groups in total. The van der Waals surface area contributed by atoms with Crippen LogP contribution in [0.3, 0.4) is 0 Å². The third kappa shape index (κ3) is 7.93. The summed E-state index contributed by atoms with van der Waals surface area (Å²) in [5.74, 6) is -1.73. The van der Waals surface area contributed by atoms with Crippen LogP contribution in [0.5, 0.6) is 0 Å². The molecule has 0 radical (unpaired) electrons. The number of carbonyl (C=O) groups excluding carboxylic acids is 2. The first kappa shape index (κ1) is 13.9. The molecular formula is C10H19NO4. The Bertz CT molecular complexity index is 194. The van der Waals surface area contributed by atoms with Crippen LogP contribution in [0.2, 0.25) is 0 Å². The smallest absolute Gasteiger partial charge is 0.399 e. The molecule has 0 aliphatic heterocycles. The molecule has 0 fully saturated rings. The van der Waals surface area contributed by atoms with E-state index in [1.54, 1.807) is 0 Å². The third-order valence-corrected chi connectivity index (χ3v) is 1.68. The minimum absolute atomic E-state index is 0.276. The summed E-state index contributed by atoms with van der Waals surface area (Å²) in [6, 6.07) is 0. The normalized spacial score (nSPS) is 9.73. The number of hydrogen-bond acceptors (Lipinski definition) is 4. The summed E-state index contributed by atoms with van der Waals surface area (Å²) in [6.45, 7) is 4.66. The van der Waals surface area contributed by atoms with E-state index in [0.717, 1.165) is 25.7 Å². The first-order valence-corrected chi connectivity index (χ1v) is 5.31. The molecule has 0 aromatic rings. The molecule has 1 amide bonds. The zero-order valence-corrected chi connectivity index (χ0v) is 9.38. The van der Waals surface area contributed by atoms with Gasteiger partial charge in [-0.25, -0.2) is 10.3 Å². The maximum absolute atomic E-state index is 11.0. The standard InChI is InChI=1S/C10H19NO4/c1-3-5-7-14-10(13)9(12)11-15-8-6-4-2/h3-8H2,1-2H3,(H,11,12). The van der Waals surface area contributed by atoms with Gasteiger partial charge in [0.15, 0.2) is 0 Å². The van der Waals surface area contributed by atoms with Crippen molar-refractivity contribution in [2.75, 3.05) is 13.2 Å². The van der Waals surface area contributed by atoms with E-state index < -0.39 is 11.9 Å². The van der Waals surface area contributed by atoms with Gasteiger partial charge >= 0.3 is 11.9 Å². The Balaban J connectivity index is 3.47. The van der Waals surface area contributed by atoms with Gasteiger partial charge in [-0.3, -0.25) is 9.63 Å². The zero-order valence-electron chi connectivity index (χ0n) is 9.38. The molecule has 88 valence electrons. The van der Waals surface area contributed by atoms with Gasteiger partial charge in [0, 0.05) is 0 Å². The van der Waals surface area contributed by atoms with Crippen molar-refractivity contribution in [3.63, 3.8) is 0 Å². The van der Waals surface area contributed by atoms with Crippen LogP contribution in [-0.2, 0) is 19.2 Å². The van der Waals surface area contributed by atoms with Gasteiger partial charge in [0.25, 0.3) is 0 Å². The summed E-state index contributed by atoms with van der Waals surface area (Å²) in [5, 5.41) is 0. The molecule has 15 heavy (non-hydrogen) atoms. The number of ether oxygens (including phenoxy) is 1. The van der Waals surface area contributed by atoms with Crippen molar-refractivity contribution in [3.8, 4) is 0 Å². The van der Waals surface area contributed by atoms with Gasteiger partial charge in [0.2, 0.25) is 0 Å². The zero-order chi connectivity index (χ0) is 11.5. The highest BCUT2D eigenvalue weighted by Gasteiger charge is 2.14. The maximum atomic E-state index is 11.0. The topological polar surface area (TPSA) is 64.6 Å². The summed E-state index contributed by atoms with van der Waals surface area (Å²) < 4.78 is 4.67. The summed E-state index contributed by atoms with van der Waals surface area (Å²) in [7, 11) is 0. The van der Waals surface area contributed by atoms with Gasteiger partial charge in [-0.15, -0.1) is 0 Å². The molecule has 0 aromatic heterocycles. The number of nitrogens with one attached hydrogen (secondary N) is 1. The first-order valence-electron chi connectivity index (χ1n) is 5.31. The summed E-state index contributed by atoms with van der Waals surface area (Å²) in [4.78, 5) is 26.7. The van der Waals surface area contributed by atoms with E-state index in [1.807, 2.05) is 19.3 Å². The lowest BCUT2D eigenvalue weighted by molar-refractivity contribution is -0.161. The van der Waals surface area contributed by atoms with E-state index in [2.05, 4.69) is 4.74 Å². The second kappa shape index (κ2) is 9.45. The average molecular weight is 217 g/mol. The fourth-order valence-corrected chi connectivity index (χ4v) is 0.750. The predicted octanol–water partition coefficient (Wildman–Crippen LogP) is 1.18. The van der Waals surface area contributed by atoms with Crippen LogP contribution in [-0.4, -0.2) is 25.1 Å². The van der Waals surface area contributed by atoms with Crippen LogP contribution < -0.4 is 5.48 Å². The Morgan fingerprint density at radius 3 is 2.27 bits per heavy atom. The highest BCUT2D eigenvalue weighted by Crippen LogP contribution is 1.89. The summed E-state index contributed by atoms with van der Waals surface area (Å²) >= 11 is 0. The third-order valence-electron chi connectivity index (χ3n) is 1.68. The van der Waals surface area contributed by atoms with E-state index in [-0.39, 0.29) is 6.61 Å². The van der Waals surface area contributed by atoms with E-state index in [0.29, 0.717) is 6.61 Å². The number of hydroxylamine groups is 1. The Morgan fingerprint density at radius 2 is 1.67 bits per heavy atom. The van der Waals surface area contributed by atoms with E-state index >= 15 is 0 Å². The second-order valence-electron chi connectivity index (χ2n) is 3.12. The Kier molecular flexibility index (Phi) is 8.76. The maximum Gasteiger partial charge on any atom is 0.399 e. The fourth-order valence-electron chi connectivity index (χ4n) is 0.750. The molecule has 0 aromatic carbocycles. The molecule has 0 unspecified atom stereocenters. The first-order chi connectivity index (χ1) is 7.22. The number of carbonyl (C=O) groups is 2. The minimum atomic E-state index is -0.889. The molecule has 0 spiro atoms. The molecule has 0 saturated carbocycles. The Labute approximate surface area is 90.1 Å². The number of unbranched alkanes of at least 4 members (excludes halogenated alkanes) is 2. The minimum Gasteiger partial charge on any atom is -0.458 e. The average Bonchev–Trinajstić information content (AvgIpc) is 2.24. The van der Waals surface area contributed by atoms with Gasteiger partial charge in [0.1, 0.15) is 0 Å². The van der Waals surface area contributed by atoms with Gasteiger partial charge in [-0.2, -0.15) is 0 Å². The molecule has 5 nitrogen and oxygen atoms in total.